The number of amides is 3. The average Bonchev–Trinajstić information content (AvgIpc) is 2.93. The van der Waals surface area contributed by atoms with Crippen molar-refractivity contribution in [3.63, 3.8) is 0 Å². The first-order valence-corrected chi connectivity index (χ1v) is 13.7. The third-order valence-electron chi connectivity index (χ3n) is 7.53. The Morgan fingerprint density at radius 1 is 1.05 bits per heavy atom. The standard InChI is InChI=1S/C32H33F3N4O2/c1-31(2,3)38-30(41)39-16-14-25-23(20-7-6-8-22(17-20)32(33,34)35)11-12-26(27(25)19-39)29(40)37-18-21-13-15-36-28-10-5-4-9-24(21)28/h4-13,15,17,26-27H,14,16,18-19H2,1-3H3,(H,37,40)(H,38,41). The molecule has 2 atom stereocenters. The van der Waals surface area contributed by atoms with Crippen LogP contribution >= 0.6 is 0 Å². The molecule has 5 rings (SSSR count). The Balaban J connectivity index is 1.44. The third-order valence-corrected chi connectivity index (χ3v) is 7.53. The zero-order valence-corrected chi connectivity index (χ0v) is 23.3. The number of hydrogen-bond donors (Lipinski definition) is 2. The quantitative estimate of drug-likeness (QED) is 0.390. The van der Waals surface area contributed by atoms with E-state index in [1.807, 2.05) is 51.1 Å². The van der Waals surface area contributed by atoms with Crippen LogP contribution in [0.5, 0.6) is 0 Å². The molecule has 1 saturated heterocycles. The number of halogens is 3. The number of pyridine rings is 1. The van der Waals surface area contributed by atoms with Crippen molar-refractivity contribution in [1.82, 2.24) is 20.5 Å². The van der Waals surface area contributed by atoms with Gasteiger partial charge < -0.3 is 15.5 Å². The van der Waals surface area contributed by atoms with Crippen molar-refractivity contribution in [2.75, 3.05) is 13.1 Å². The largest absolute Gasteiger partial charge is 0.416 e. The number of urea groups is 1. The minimum Gasteiger partial charge on any atom is -0.351 e. The Labute approximate surface area is 237 Å². The number of piperidine rings is 1. The highest BCUT2D eigenvalue weighted by Crippen LogP contribution is 2.41. The maximum absolute atomic E-state index is 13.6. The molecule has 3 amide bonds. The number of carbonyl (C=O) groups is 2. The second kappa shape index (κ2) is 11.0. The second-order valence-electron chi connectivity index (χ2n) is 11.6. The van der Waals surface area contributed by atoms with Gasteiger partial charge in [0.25, 0.3) is 0 Å². The summed E-state index contributed by atoms with van der Waals surface area (Å²) in [5, 5.41) is 6.98. The molecular formula is C32H33F3N4O2. The molecule has 1 fully saturated rings. The van der Waals surface area contributed by atoms with Crippen molar-refractivity contribution in [2.45, 2.75) is 45.5 Å². The van der Waals surface area contributed by atoms with Crippen LogP contribution in [0.1, 0.15) is 43.9 Å². The van der Waals surface area contributed by atoms with Crippen molar-refractivity contribution in [3.05, 3.63) is 95.2 Å². The highest BCUT2D eigenvalue weighted by Gasteiger charge is 2.39. The Bertz CT molecular complexity index is 1530. The first-order chi connectivity index (χ1) is 19.4. The van der Waals surface area contributed by atoms with Crippen LogP contribution in [0.3, 0.4) is 0 Å². The fourth-order valence-electron chi connectivity index (χ4n) is 5.59. The number of allylic oxidation sites excluding steroid dienone is 2. The van der Waals surface area contributed by atoms with Gasteiger partial charge in [-0.25, -0.2) is 4.79 Å². The molecule has 2 aliphatic rings. The monoisotopic (exact) mass is 562 g/mol. The summed E-state index contributed by atoms with van der Waals surface area (Å²) in [5.41, 5.74) is 2.62. The summed E-state index contributed by atoms with van der Waals surface area (Å²) in [6.07, 6.45) is 1.22. The van der Waals surface area contributed by atoms with Crippen LogP contribution in [0.15, 0.2) is 78.5 Å². The van der Waals surface area contributed by atoms with Crippen LogP contribution in [0, 0.1) is 11.8 Å². The van der Waals surface area contributed by atoms with Gasteiger partial charge in [-0.05, 0) is 68.2 Å². The molecule has 2 aromatic carbocycles. The lowest BCUT2D eigenvalue weighted by atomic mass is 9.73. The van der Waals surface area contributed by atoms with Crippen molar-refractivity contribution in [1.29, 1.82) is 0 Å². The van der Waals surface area contributed by atoms with Gasteiger partial charge >= 0.3 is 12.2 Å². The van der Waals surface area contributed by atoms with Crippen LogP contribution in [-0.4, -0.2) is 40.5 Å². The summed E-state index contributed by atoms with van der Waals surface area (Å²) in [6.45, 7) is 6.67. The molecule has 0 bridgehead atoms. The number of nitrogens with one attached hydrogen (secondary N) is 2. The van der Waals surface area contributed by atoms with E-state index in [4.69, 9.17) is 0 Å². The first-order valence-electron chi connectivity index (χ1n) is 13.7. The smallest absolute Gasteiger partial charge is 0.351 e. The number of para-hydroxylation sites is 1. The van der Waals surface area contributed by atoms with Gasteiger partial charge in [0.2, 0.25) is 5.91 Å². The van der Waals surface area contributed by atoms with Crippen molar-refractivity contribution in [2.24, 2.45) is 11.8 Å². The molecule has 9 heteroatoms. The summed E-state index contributed by atoms with van der Waals surface area (Å²) < 4.78 is 40.5. The van der Waals surface area contributed by atoms with Gasteiger partial charge in [0.05, 0.1) is 17.0 Å². The molecule has 2 N–H and O–H groups in total. The zero-order valence-electron chi connectivity index (χ0n) is 23.3. The van der Waals surface area contributed by atoms with Gasteiger partial charge in [0, 0.05) is 42.7 Å². The summed E-state index contributed by atoms with van der Waals surface area (Å²) in [4.78, 5) is 32.8. The number of aromatic nitrogens is 1. The van der Waals surface area contributed by atoms with Crippen molar-refractivity contribution < 1.29 is 22.8 Å². The van der Waals surface area contributed by atoms with E-state index in [1.54, 1.807) is 29.3 Å². The Kier molecular flexibility index (Phi) is 7.64. The summed E-state index contributed by atoms with van der Waals surface area (Å²) >= 11 is 0. The molecule has 214 valence electrons. The Morgan fingerprint density at radius 3 is 2.59 bits per heavy atom. The van der Waals surface area contributed by atoms with Crippen LogP contribution < -0.4 is 10.6 Å². The highest BCUT2D eigenvalue weighted by molar-refractivity contribution is 5.88. The zero-order chi connectivity index (χ0) is 29.4. The molecule has 41 heavy (non-hydrogen) atoms. The number of alkyl halides is 3. The van der Waals surface area contributed by atoms with E-state index >= 15 is 0 Å². The van der Waals surface area contributed by atoms with Gasteiger partial charge in [-0.1, -0.05) is 48.1 Å². The predicted molar refractivity (Wildman–Crippen MR) is 153 cm³/mol. The summed E-state index contributed by atoms with van der Waals surface area (Å²) in [5.74, 6) is -1.16. The van der Waals surface area contributed by atoms with Gasteiger partial charge in [0.1, 0.15) is 0 Å². The molecule has 0 saturated carbocycles. The fourth-order valence-corrected chi connectivity index (χ4v) is 5.59. The average molecular weight is 563 g/mol. The number of carbonyl (C=O) groups excluding carboxylic acids is 2. The van der Waals surface area contributed by atoms with E-state index in [2.05, 4.69) is 15.6 Å². The number of benzene rings is 2. The second-order valence-corrected chi connectivity index (χ2v) is 11.6. The molecular weight excluding hydrogens is 529 g/mol. The van der Waals surface area contributed by atoms with Gasteiger partial charge in [-0.15, -0.1) is 0 Å². The molecule has 2 unspecified atom stereocenters. The third kappa shape index (κ3) is 6.29. The van der Waals surface area contributed by atoms with Crippen LogP contribution in [0.4, 0.5) is 18.0 Å². The minimum atomic E-state index is -4.47. The number of likely N-dealkylation sites (tertiary alicyclic amines) is 1. The van der Waals surface area contributed by atoms with Crippen LogP contribution in [0.2, 0.25) is 0 Å². The van der Waals surface area contributed by atoms with Gasteiger partial charge in [-0.2, -0.15) is 13.2 Å². The Morgan fingerprint density at radius 2 is 1.83 bits per heavy atom. The van der Waals surface area contributed by atoms with E-state index in [1.165, 1.54) is 6.07 Å². The molecule has 0 spiro atoms. The van der Waals surface area contributed by atoms with Crippen molar-refractivity contribution in [3.8, 4) is 0 Å². The van der Waals surface area contributed by atoms with Crippen LogP contribution in [0.25, 0.3) is 16.5 Å². The SMILES string of the molecule is CC(C)(C)NC(=O)N1CCC2=C(c3cccc(C(F)(F)F)c3)C=CC(C(=O)NCc3ccnc4ccccc34)C2C1. The van der Waals surface area contributed by atoms with E-state index in [-0.39, 0.29) is 24.4 Å². The number of rotatable bonds is 4. The van der Waals surface area contributed by atoms with E-state index in [0.717, 1.165) is 34.2 Å². The topological polar surface area (TPSA) is 74.3 Å². The first kappa shape index (κ1) is 28.4. The predicted octanol–water partition coefficient (Wildman–Crippen LogP) is 6.34. The molecule has 1 aliphatic heterocycles. The lowest BCUT2D eigenvalue weighted by Crippen LogP contribution is -2.53. The van der Waals surface area contributed by atoms with E-state index in [0.29, 0.717) is 30.6 Å². The van der Waals surface area contributed by atoms with Crippen molar-refractivity contribution >= 4 is 28.4 Å². The number of fused-ring (bicyclic) bond motifs is 2. The molecule has 0 radical (unpaired) electrons. The van der Waals surface area contributed by atoms with E-state index in [9.17, 15) is 22.8 Å². The fraction of sp³-hybridized carbons (Fsp3) is 0.344. The lowest BCUT2D eigenvalue weighted by molar-refractivity contribution is -0.137. The molecule has 3 aromatic rings. The molecule has 2 heterocycles. The molecule has 1 aliphatic carbocycles. The normalized spacial score (nSPS) is 19.2. The van der Waals surface area contributed by atoms with E-state index < -0.39 is 23.2 Å². The number of nitrogens with zero attached hydrogens (tertiary/aromatic N) is 2. The van der Waals surface area contributed by atoms with Gasteiger partial charge in [0.15, 0.2) is 0 Å². The lowest BCUT2D eigenvalue weighted by Gasteiger charge is -2.41. The van der Waals surface area contributed by atoms with Crippen LogP contribution in [-0.2, 0) is 17.5 Å². The Hall–Kier alpha value is -4.14. The highest BCUT2D eigenvalue weighted by atomic mass is 19.4. The maximum atomic E-state index is 13.6. The molecule has 1 aromatic heterocycles. The summed E-state index contributed by atoms with van der Waals surface area (Å²) in [6, 6.07) is 14.6. The summed E-state index contributed by atoms with van der Waals surface area (Å²) in [7, 11) is 0. The number of hydrogen-bond acceptors (Lipinski definition) is 3. The van der Waals surface area contributed by atoms with Gasteiger partial charge in [-0.3, -0.25) is 9.78 Å². The minimum absolute atomic E-state index is 0.203. The molecule has 6 nitrogen and oxygen atoms in total. The maximum Gasteiger partial charge on any atom is 0.416 e.